The van der Waals surface area contributed by atoms with Crippen LogP contribution < -0.4 is 10.6 Å². The number of rotatable bonds is 5. The first-order valence-electron chi connectivity index (χ1n) is 9.96. The minimum atomic E-state index is -4.05. The highest BCUT2D eigenvalue weighted by Gasteiger charge is 2.41. The Balaban J connectivity index is 1.52. The summed E-state index contributed by atoms with van der Waals surface area (Å²) in [6, 6.07) is 5.22. The summed E-state index contributed by atoms with van der Waals surface area (Å²) in [6.07, 6.45) is -0.747. The van der Waals surface area contributed by atoms with E-state index in [1.54, 1.807) is 12.1 Å². The van der Waals surface area contributed by atoms with Crippen LogP contribution in [0.25, 0.3) is 0 Å². The molecule has 1 saturated heterocycles. The van der Waals surface area contributed by atoms with Crippen LogP contribution in [0.2, 0.25) is 0 Å². The SMILES string of the molecule is C[S+]([O-])c1cc(N2CCN(CC3CCC(C(F)(F)F)CC3)CC2)ccc1C(N)=O. The molecule has 1 amide bonds. The van der Waals surface area contributed by atoms with Gasteiger partial charge in [-0.2, -0.15) is 13.2 Å². The molecule has 1 heterocycles. The largest absolute Gasteiger partial charge is 0.612 e. The molecule has 1 aliphatic carbocycles. The van der Waals surface area contributed by atoms with Crippen LogP contribution >= 0.6 is 0 Å². The third kappa shape index (κ3) is 5.58. The van der Waals surface area contributed by atoms with Crippen molar-refractivity contribution >= 4 is 22.8 Å². The van der Waals surface area contributed by atoms with E-state index in [1.807, 2.05) is 6.07 Å². The molecule has 1 unspecified atom stereocenters. The molecule has 2 N–H and O–H groups in total. The van der Waals surface area contributed by atoms with Crippen LogP contribution in [0.1, 0.15) is 36.0 Å². The number of anilines is 1. The van der Waals surface area contributed by atoms with E-state index in [4.69, 9.17) is 5.73 Å². The highest BCUT2D eigenvalue weighted by atomic mass is 32.2. The van der Waals surface area contributed by atoms with Gasteiger partial charge in [0.1, 0.15) is 6.26 Å². The van der Waals surface area contributed by atoms with E-state index in [0.29, 0.717) is 23.7 Å². The lowest BCUT2D eigenvalue weighted by Crippen LogP contribution is -2.48. The molecule has 2 fully saturated rings. The molecule has 29 heavy (non-hydrogen) atoms. The minimum Gasteiger partial charge on any atom is -0.612 e. The maximum absolute atomic E-state index is 12.8. The molecule has 2 aliphatic rings. The number of hydrogen-bond acceptors (Lipinski definition) is 4. The molecule has 1 saturated carbocycles. The molecule has 9 heteroatoms. The van der Waals surface area contributed by atoms with Gasteiger partial charge in [-0.1, -0.05) is 0 Å². The second-order valence-corrected chi connectivity index (χ2v) is 9.39. The number of primary amides is 1. The second-order valence-electron chi connectivity index (χ2n) is 8.05. The maximum Gasteiger partial charge on any atom is 0.391 e. The van der Waals surface area contributed by atoms with Crippen molar-refractivity contribution in [3.8, 4) is 0 Å². The van der Waals surface area contributed by atoms with E-state index in [-0.39, 0.29) is 18.4 Å². The Morgan fingerprint density at radius 1 is 1.17 bits per heavy atom. The molecule has 0 aromatic heterocycles. The van der Waals surface area contributed by atoms with Crippen molar-refractivity contribution in [2.75, 3.05) is 43.9 Å². The summed E-state index contributed by atoms with van der Waals surface area (Å²) in [5, 5.41) is 0. The van der Waals surface area contributed by atoms with Crippen LogP contribution in [-0.2, 0) is 11.2 Å². The molecular weight excluding hydrogens is 403 g/mol. The number of piperazine rings is 1. The summed E-state index contributed by atoms with van der Waals surface area (Å²) in [7, 11) is 0. The average Bonchev–Trinajstić information content (AvgIpc) is 2.67. The predicted molar refractivity (Wildman–Crippen MR) is 107 cm³/mol. The summed E-state index contributed by atoms with van der Waals surface area (Å²) >= 11 is -1.32. The predicted octanol–water partition coefficient (Wildman–Crippen LogP) is 3.01. The van der Waals surface area contributed by atoms with Crippen molar-refractivity contribution in [1.82, 2.24) is 4.90 Å². The zero-order chi connectivity index (χ0) is 21.2. The fraction of sp³-hybridized carbons (Fsp3) is 0.650. The quantitative estimate of drug-likeness (QED) is 0.728. The van der Waals surface area contributed by atoms with Gasteiger partial charge in [-0.15, -0.1) is 0 Å². The normalized spacial score (nSPS) is 25.1. The first-order valence-corrected chi connectivity index (χ1v) is 11.5. The molecule has 1 aromatic rings. The van der Waals surface area contributed by atoms with Gasteiger partial charge in [-0.25, -0.2) is 0 Å². The Hall–Kier alpha value is -1.45. The number of carbonyl (C=O) groups excluding carboxylic acids is 1. The Labute approximate surface area is 172 Å². The van der Waals surface area contributed by atoms with Crippen LogP contribution in [0.15, 0.2) is 23.1 Å². The van der Waals surface area contributed by atoms with E-state index >= 15 is 0 Å². The molecule has 1 aliphatic heterocycles. The molecule has 0 spiro atoms. The van der Waals surface area contributed by atoms with Crippen molar-refractivity contribution in [2.45, 2.75) is 36.8 Å². The number of nitrogens with zero attached hydrogens (tertiary/aromatic N) is 2. The van der Waals surface area contributed by atoms with Crippen LogP contribution in [0, 0.1) is 11.8 Å². The van der Waals surface area contributed by atoms with Gasteiger partial charge in [0, 0.05) is 44.5 Å². The highest BCUT2D eigenvalue weighted by Crippen LogP contribution is 2.39. The van der Waals surface area contributed by atoms with Crippen molar-refractivity contribution in [2.24, 2.45) is 17.6 Å². The van der Waals surface area contributed by atoms with Gasteiger partial charge < -0.3 is 15.2 Å². The Morgan fingerprint density at radius 2 is 1.79 bits per heavy atom. The van der Waals surface area contributed by atoms with Crippen molar-refractivity contribution in [3.63, 3.8) is 0 Å². The lowest BCUT2D eigenvalue weighted by atomic mass is 9.81. The number of benzene rings is 1. The first-order chi connectivity index (χ1) is 13.6. The topological polar surface area (TPSA) is 72.6 Å². The van der Waals surface area contributed by atoms with Gasteiger partial charge in [0.25, 0.3) is 5.91 Å². The number of hydrogen-bond donors (Lipinski definition) is 1. The maximum atomic E-state index is 12.8. The monoisotopic (exact) mass is 431 g/mol. The van der Waals surface area contributed by atoms with Crippen molar-refractivity contribution in [1.29, 1.82) is 0 Å². The molecule has 162 valence electrons. The third-order valence-corrected chi connectivity index (χ3v) is 7.06. The Bertz CT molecular complexity index is 713. The lowest BCUT2D eigenvalue weighted by molar-refractivity contribution is -0.184. The summed E-state index contributed by atoms with van der Waals surface area (Å²) in [5.41, 5.74) is 6.55. The van der Waals surface area contributed by atoms with Crippen molar-refractivity contribution in [3.05, 3.63) is 23.8 Å². The number of halogens is 3. The van der Waals surface area contributed by atoms with Gasteiger partial charge in [-0.3, -0.25) is 9.69 Å². The second kappa shape index (κ2) is 9.14. The molecule has 5 nitrogen and oxygen atoms in total. The van der Waals surface area contributed by atoms with Crippen molar-refractivity contribution < 1.29 is 22.5 Å². The summed E-state index contributed by atoms with van der Waals surface area (Å²) in [4.78, 5) is 16.5. The fourth-order valence-corrected chi connectivity index (χ4v) is 5.14. The van der Waals surface area contributed by atoms with Crippen LogP contribution in [-0.4, -0.2) is 60.5 Å². The smallest absolute Gasteiger partial charge is 0.391 e. The van der Waals surface area contributed by atoms with E-state index in [9.17, 15) is 22.5 Å². The number of nitrogens with two attached hydrogens (primary N) is 1. The van der Waals surface area contributed by atoms with Crippen LogP contribution in [0.5, 0.6) is 0 Å². The van der Waals surface area contributed by atoms with E-state index in [1.165, 1.54) is 6.26 Å². The molecule has 0 radical (unpaired) electrons. The molecule has 0 bridgehead atoms. The van der Waals surface area contributed by atoms with Crippen LogP contribution in [0.3, 0.4) is 0 Å². The standard InChI is InChI=1S/C20H28F3N3O2S/c1-29(28)18-12-16(6-7-17(18)19(24)27)26-10-8-25(9-11-26)13-14-2-4-15(5-3-14)20(21,22)23/h6-7,12,14-15H,2-5,8-11,13H2,1H3,(H2,24,27). The summed E-state index contributed by atoms with van der Waals surface area (Å²) in [5.74, 6) is -1.38. The molecule has 1 aromatic carbocycles. The van der Waals surface area contributed by atoms with E-state index in [0.717, 1.165) is 38.4 Å². The van der Waals surface area contributed by atoms with E-state index < -0.39 is 29.2 Å². The zero-order valence-corrected chi connectivity index (χ0v) is 17.4. The first kappa shape index (κ1) is 22.2. The fourth-order valence-electron chi connectivity index (χ4n) is 4.38. The van der Waals surface area contributed by atoms with Gasteiger partial charge in [0.05, 0.1) is 11.5 Å². The molecule has 1 atom stereocenters. The Morgan fingerprint density at radius 3 is 2.31 bits per heavy atom. The zero-order valence-electron chi connectivity index (χ0n) is 16.6. The van der Waals surface area contributed by atoms with E-state index in [2.05, 4.69) is 9.80 Å². The number of carbonyl (C=O) groups is 1. The van der Waals surface area contributed by atoms with Gasteiger partial charge >= 0.3 is 6.18 Å². The van der Waals surface area contributed by atoms with Gasteiger partial charge in [-0.05, 0) is 54.9 Å². The summed E-state index contributed by atoms with van der Waals surface area (Å²) < 4.78 is 50.4. The number of amides is 1. The van der Waals surface area contributed by atoms with Gasteiger partial charge in [0.2, 0.25) is 0 Å². The van der Waals surface area contributed by atoms with Gasteiger partial charge in [0.15, 0.2) is 4.90 Å². The Kier molecular flexibility index (Phi) is 7.01. The summed E-state index contributed by atoms with van der Waals surface area (Å²) in [6.45, 7) is 4.08. The average molecular weight is 432 g/mol. The van der Waals surface area contributed by atoms with Crippen LogP contribution in [0.4, 0.5) is 18.9 Å². The molecule has 3 rings (SSSR count). The molecular formula is C20H28F3N3O2S. The highest BCUT2D eigenvalue weighted by molar-refractivity contribution is 7.90. The number of alkyl halides is 3. The lowest BCUT2D eigenvalue weighted by Gasteiger charge is -2.39. The minimum absolute atomic E-state index is 0.247. The third-order valence-electron chi connectivity index (χ3n) is 6.10.